The van der Waals surface area contributed by atoms with E-state index in [4.69, 9.17) is 27.9 Å². The lowest BCUT2D eigenvalue weighted by molar-refractivity contribution is -0.149. The van der Waals surface area contributed by atoms with E-state index in [0.717, 1.165) is 31.7 Å². The Kier molecular flexibility index (Phi) is 27.1. The summed E-state index contributed by atoms with van der Waals surface area (Å²) in [5, 5.41) is 11.0. The van der Waals surface area contributed by atoms with Crippen LogP contribution < -0.4 is 26.0 Å². The van der Waals surface area contributed by atoms with Gasteiger partial charge in [-0.2, -0.15) is 13.2 Å². The summed E-state index contributed by atoms with van der Waals surface area (Å²) in [5.74, 6) is -8.55. The second kappa shape index (κ2) is 33.1. The SMILES string of the molecule is CC[C@H](C)[C@@H]1NC(=O)[C@H](CC(C)C)N(C)C(=O)C[C@@H](C)NC(=O)[C@H](C(C)C)N(C)C(=O)C2(CCCC2)NC(=O)C2CCCN2C(=O)[C@H](CCc2ccc(C(F)(F)F)c(Cl)c2)NC(=O)CN(C)C(=O)[C@H](COc2ccccc2Cl)N(C)C(=O)CN(C)C(=O)CN(C)C1=O. The van der Waals surface area contributed by atoms with Crippen molar-refractivity contribution < 1.29 is 70.6 Å². The van der Waals surface area contributed by atoms with Gasteiger partial charge in [-0.25, -0.2) is 0 Å². The smallest absolute Gasteiger partial charge is 0.417 e. The van der Waals surface area contributed by atoms with E-state index in [9.17, 15) is 65.9 Å². The molecule has 23 nitrogen and oxygen atoms in total. The van der Waals surface area contributed by atoms with Gasteiger partial charge in [-0.05, 0) is 99.5 Å². The Morgan fingerprint density at radius 3 is 1.89 bits per heavy atom. The van der Waals surface area contributed by atoms with Crippen LogP contribution in [0.2, 0.25) is 10.0 Å². The van der Waals surface area contributed by atoms with Gasteiger partial charge in [0.15, 0.2) is 0 Å². The van der Waals surface area contributed by atoms with E-state index in [-0.39, 0.29) is 73.7 Å². The average molecular weight is 1340 g/mol. The number of carbonyl (C=O) groups excluding carboxylic acids is 11. The minimum Gasteiger partial charge on any atom is -0.489 e. The molecule has 0 aromatic heterocycles. The van der Waals surface area contributed by atoms with E-state index in [2.05, 4.69) is 21.3 Å². The van der Waals surface area contributed by atoms with Crippen molar-refractivity contribution in [1.82, 2.24) is 55.6 Å². The van der Waals surface area contributed by atoms with E-state index in [0.29, 0.717) is 25.7 Å². The molecule has 11 amide bonds. The van der Waals surface area contributed by atoms with Crippen molar-refractivity contribution in [2.24, 2.45) is 17.8 Å². The second-order valence-electron chi connectivity index (χ2n) is 25.6. The molecule has 28 heteroatoms. The van der Waals surface area contributed by atoms with Gasteiger partial charge in [-0.15, -0.1) is 0 Å². The second-order valence-corrected chi connectivity index (χ2v) is 26.4. The summed E-state index contributed by atoms with van der Waals surface area (Å²) < 4.78 is 47.3. The van der Waals surface area contributed by atoms with Gasteiger partial charge in [0.1, 0.15) is 54.1 Å². The van der Waals surface area contributed by atoms with E-state index < -0.39 is 168 Å². The number of para-hydroxylation sites is 1. The molecule has 5 rings (SSSR count). The molecular formula is C64H92Cl2F3N11O12. The van der Waals surface area contributed by atoms with Gasteiger partial charge >= 0.3 is 6.18 Å². The number of hydrogen-bond donors (Lipinski definition) is 4. The molecular weight excluding hydrogens is 1240 g/mol. The molecule has 8 atom stereocenters. The van der Waals surface area contributed by atoms with E-state index in [1.165, 1.54) is 75.2 Å². The van der Waals surface area contributed by atoms with Gasteiger partial charge in [0.25, 0.3) is 0 Å². The van der Waals surface area contributed by atoms with Crippen molar-refractivity contribution in [3.8, 4) is 5.75 Å². The predicted octanol–water partition coefficient (Wildman–Crippen LogP) is 4.93. The highest BCUT2D eigenvalue weighted by Gasteiger charge is 2.49. The van der Waals surface area contributed by atoms with Crippen LogP contribution in [0.15, 0.2) is 42.5 Å². The third-order valence-corrected chi connectivity index (χ3v) is 18.2. The molecule has 2 heterocycles. The number of benzene rings is 2. The first-order valence-electron chi connectivity index (χ1n) is 31.3. The molecule has 2 aromatic rings. The van der Waals surface area contributed by atoms with Crippen LogP contribution in [0.4, 0.5) is 13.2 Å². The molecule has 510 valence electrons. The van der Waals surface area contributed by atoms with Crippen molar-refractivity contribution in [2.45, 2.75) is 173 Å². The Bertz CT molecular complexity index is 3020. The normalized spacial score (nSPS) is 24.7. The van der Waals surface area contributed by atoms with Gasteiger partial charge in [-0.3, -0.25) is 52.7 Å². The lowest BCUT2D eigenvalue weighted by Gasteiger charge is -2.39. The Hall–Kier alpha value is -7.22. The molecule has 4 N–H and O–H groups in total. The van der Waals surface area contributed by atoms with Gasteiger partial charge in [0.05, 0.1) is 35.2 Å². The number of aryl methyl sites for hydroxylation is 1. The summed E-state index contributed by atoms with van der Waals surface area (Å²) >= 11 is 12.5. The zero-order valence-electron chi connectivity index (χ0n) is 55.0. The number of fused-ring (bicyclic) bond motifs is 1. The number of nitrogens with one attached hydrogen (secondary N) is 4. The van der Waals surface area contributed by atoms with Gasteiger partial charge in [-0.1, -0.05) is 102 Å². The lowest BCUT2D eigenvalue weighted by Crippen LogP contribution is -2.64. The van der Waals surface area contributed by atoms with Crippen LogP contribution >= 0.6 is 23.2 Å². The third-order valence-electron chi connectivity index (χ3n) is 17.6. The van der Waals surface area contributed by atoms with Crippen LogP contribution in [-0.4, -0.2) is 222 Å². The lowest BCUT2D eigenvalue weighted by atomic mass is 9.92. The van der Waals surface area contributed by atoms with E-state index in [1.54, 1.807) is 39.8 Å². The summed E-state index contributed by atoms with van der Waals surface area (Å²) in [7, 11) is 8.13. The number of nitrogens with zero attached hydrogens (tertiary/aromatic N) is 7. The molecule has 2 aromatic carbocycles. The van der Waals surface area contributed by atoms with Gasteiger partial charge in [0, 0.05) is 61.3 Å². The summed E-state index contributed by atoms with van der Waals surface area (Å²) in [5.41, 5.74) is -2.34. The summed E-state index contributed by atoms with van der Waals surface area (Å²) in [6.45, 7) is 9.96. The van der Waals surface area contributed by atoms with Crippen LogP contribution in [-0.2, 0) is 65.3 Å². The van der Waals surface area contributed by atoms with Crippen LogP contribution in [0.5, 0.6) is 5.75 Å². The van der Waals surface area contributed by atoms with Crippen LogP contribution in [0, 0.1) is 17.8 Å². The Morgan fingerprint density at radius 1 is 0.674 bits per heavy atom. The molecule has 92 heavy (non-hydrogen) atoms. The monoisotopic (exact) mass is 1330 g/mol. The fourth-order valence-corrected chi connectivity index (χ4v) is 12.5. The van der Waals surface area contributed by atoms with Gasteiger partial charge in [0.2, 0.25) is 65.0 Å². The molecule has 2 saturated heterocycles. The molecule has 2 aliphatic heterocycles. The van der Waals surface area contributed by atoms with Crippen molar-refractivity contribution in [1.29, 1.82) is 0 Å². The number of alkyl halides is 3. The number of amides is 11. The number of halogens is 5. The minimum atomic E-state index is -4.77. The molecule has 3 aliphatic rings. The van der Waals surface area contributed by atoms with E-state index >= 15 is 0 Å². The maximum atomic E-state index is 15.0. The number of carbonyl (C=O) groups is 11. The quantitative estimate of drug-likeness (QED) is 0.234. The van der Waals surface area contributed by atoms with Crippen molar-refractivity contribution >= 4 is 88.2 Å². The van der Waals surface area contributed by atoms with E-state index in [1.807, 2.05) is 20.8 Å². The van der Waals surface area contributed by atoms with Crippen LogP contribution in [0.1, 0.15) is 124 Å². The summed E-state index contributed by atoms with van der Waals surface area (Å²) in [6, 6.07) is 1.06. The highest BCUT2D eigenvalue weighted by atomic mass is 35.5. The molecule has 0 bridgehead atoms. The first-order chi connectivity index (χ1) is 43.0. The number of rotatable bonds is 11. The minimum absolute atomic E-state index is 0.0219. The maximum absolute atomic E-state index is 15.0. The number of hydrogen-bond acceptors (Lipinski definition) is 12. The molecule has 1 unspecified atom stereocenters. The number of ether oxygens (including phenoxy) is 1. The molecule has 1 aliphatic carbocycles. The van der Waals surface area contributed by atoms with Crippen molar-refractivity contribution in [3.63, 3.8) is 0 Å². The Balaban J connectivity index is 1.56. The van der Waals surface area contributed by atoms with Crippen molar-refractivity contribution in [2.75, 3.05) is 75.1 Å². The molecule has 1 saturated carbocycles. The Morgan fingerprint density at radius 2 is 1.29 bits per heavy atom. The zero-order chi connectivity index (χ0) is 68.9. The molecule has 3 fully saturated rings. The fraction of sp³-hybridized carbons (Fsp3) is 0.641. The highest BCUT2D eigenvalue weighted by molar-refractivity contribution is 6.32. The highest BCUT2D eigenvalue weighted by Crippen LogP contribution is 2.36. The first-order valence-corrected chi connectivity index (χ1v) is 32.1. The first kappa shape index (κ1) is 75.5. The van der Waals surface area contributed by atoms with Crippen LogP contribution in [0.3, 0.4) is 0 Å². The molecule has 1 spiro atoms. The zero-order valence-corrected chi connectivity index (χ0v) is 56.6. The Labute approximate surface area is 547 Å². The third kappa shape index (κ3) is 19.4. The van der Waals surface area contributed by atoms with Crippen molar-refractivity contribution in [3.05, 3.63) is 63.6 Å². The summed E-state index contributed by atoms with van der Waals surface area (Å²) in [6.07, 6.45) is -2.90. The number of likely N-dealkylation sites (N-methyl/N-ethyl adjacent to an activating group) is 6. The topological polar surface area (TPSA) is 268 Å². The van der Waals surface area contributed by atoms with Crippen LogP contribution in [0.25, 0.3) is 0 Å². The van der Waals surface area contributed by atoms with Gasteiger partial charge < -0.3 is 60.3 Å². The average Bonchev–Trinajstić information content (AvgIpc) is 1.57. The summed E-state index contributed by atoms with van der Waals surface area (Å²) in [4.78, 5) is 167. The standard InChI is InChI=1S/C64H92Cl2F3N11O12/c1-14-39(6)54-61(90)76(10)34-52(83)74(8)35-53(84)78(12)48(36-92-49-22-16-15-20-43(49)65)60(89)75(9)33-50(81)71-45(26-24-41-23-25-42(44(66)32-41)64(67,68)69)59(88)80-29-19-21-46(80)57(86)73-63(27-17-18-28-63)62(91)79(13)55(38(4)5)58(87)70-40(7)31-51(82)77(11)47(30-37(2)3)56(85)72-54/h15-16,20,22-23,25,32,37-40,45-48,54-55H,14,17-19,21,24,26-31,33-36H2,1-13H3,(H,70,87)(H,71,81)(H,72,85)(H,73,86)/t39-,40+,45-,46?,47-,48-,54-,55-/m0/s1. The maximum Gasteiger partial charge on any atom is 0.417 e. The fourth-order valence-electron chi connectivity index (χ4n) is 12.0. The largest absolute Gasteiger partial charge is 0.489 e. The molecule has 0 radical (unpaired) electrons. The predicted molar refractivity (Wildman–Crippen MR) is 338 cm³/mol.